The molecule has 0 spiro atoms. The molecule has 7 nitrogen and oxygen atoms in total. The fourth-order valence-electron chi connectivity index (χ4n) is 2.85. The average molecular weight is 356 g/mol. The van der Waals surface area contributed by atoms with Gasteiger partial charge in [0.05, 0.1) is 13.2 Å². The molecule has 1 aliphatic rings. The summed E-state index contributed by atoms with van der Waals surface area (Å²) in [5, 5.41) is 6.69. The smallest absolute Gasteiger partial charge is 0.229 e. The van der Waals surface area contributed by atoms with Crippen LogP contribution in [-0.2, 0) is 4.74 Å². The lowest BCUT2D eigenvalue weighted by Gasteiger charge is -2.26. The van der Waals surface area contributed by atoms with Gasteiger partial charge in [-0.3, -0.25) is 4.90 Å². The minimum atomic E-state index is 0.608. The number of hydrogen-bond donors (Lipinski definition) is 2. The number of aromatic nitrogens is 2. The molecule has 0 amide bonds. The average Bonchev–Trinajstić information content (AvgIpc) is 2.62. The van der Waals surface area contributed by atoms with Crippen molar-refractivity contribution in [3.05, 3.63) is 36.0 Å². The second-order valence-electron chi connectivity index (χ2n) is 6.67. The molecule has 3 rings (SSSR count). The quantitative estimate of drug-likeness (QED) is 0.789. The van der Waals surface area contributed by atoms with Crippen molar-refractivity contribution in [2.24, 2.45) is 0 Å². The Bertz CT molecular complexity index is 698. The van der Waals surface area contributed by atoms with Gasteiger partial charge in [-0.2, -0.15) is 4.98 Å². The predicted octanol–water partition coefficient (Wildman–Crippen LogP) is 2.34. The van der Waals surface area contributed by atoms with Crippen molar-refractivity contribution in [1.29, 1.82) is 0 Å². The normalized spacial score (nSPS) is 14.9. The molecule has 7 heteroatoms. The Hall–Kier alpha value is -2.38. The van der Waals surface area contributed by atoms with Gasteiger partial charge in [0.2, 0.25) is 5.95 Å². The highest BCUT2D eigenvalue weighted by Gasteiger charge is 2.10. The van der Waals surface area contributed by atoms with E-state index in [-0.39, 0.29) is 0 Å². The largest absolute Gasteiger partial charge is 0.379 e. The van der Waals surface area contributed by atoms with E-state index in [9.17, 15) is 0 Å². The van der Waals surface area contributed by atoms with E-state index in [1.165, 1.54) is 0 Å². The van der Waals surface area contributed by atoms with Crippen molar-refractivity contribution >= 4 is 23.1 Å². The van der Waals surface area contributed by atoms with Crippen LogP contribution in [-0.4, -0.2) is 68.4 Å². The molecule has 0 bridgehead atoms. The van der Waals surface area contributed by atoms with Crippen molar-refractivity contribution in [1.82, 2.24) is 14.9 Å². The first-order chi connectivity index (χ1) is 12.6. The van der Waals surface area contributed by atoms with Crippen molar-refractivity contribution in [3.63, 3.8) is 0 Å². The summed E-state index contributed by atoms with van der Waals surface area (Å²) < 4.78 is 5.38. The Balaban J connectivity index is 1.57. The van der Waals surface area contributed by atoms with E-state index in [2.05, 4.69) is 42.5 Å². The van der Waals surface area contributed by atoms with Crippen LogP contribution in [0, 0.1) is 6.92 Å². The Morgan fingerprint density at radius 2 is 1.85 bits per heavy atom. The summed E-state index contributed by atoms with van der Waals surface area (Å²) in [6.45, 7) is 7.48. The van der Waals surface area contributed by atoms with Crippen molar-refractivity contribution in [2.75, 3.05) is 69.0 Å². The maximum absolute atomic E-state index is 5.38. The second-order valence-corrected chi connectivity index (χ2v) is 6.67. The molecular weight excluding hydrogens is 328 g/mol. The number of ether oxygens (including phenoxy) is 1. The number of morpholine rings is 1. The third-order valence-corrected chi connectivity index (χ3v) is 4.33. The minimum absolute atomic E-state index is 0.608. The zero-order chi connectivity index (χ0) is 18.4. The highest BCUT2D eigenvalue weighted by Crippen LogP contribution is 2.19. The van der Waals surface area contributed by atoms with Gasteiger partial charge in [-0.25, -0.2) is 4.98 Å². The monoisotopic (exact) mass is 356 g/mol. The Morgan fingerprint density at radius 1 is 1.12 bits per heavy atom. The third kappa shape index (κ3) is 5.31. The number of benzene rings is 1. The molecular formula is C19H28N6O. The summed E-state index contributed by atoms with van der Waals surface area (Å²) in [5.74, 6) is 1.45. The van der Waals surface area contributed by atoms with Gasteiger partial charge in [0.25, 0.3) is 0 Å². The van der Waals surface area contributed by atoms with E-state index in [0.29, 0.717) is 5.95 Å². The summed E-state index contributed by atoms with van der Waals surface area (Å²) in [5.41, 5.74) is 3.06. The molecule has 1 aromatic carbocycles. The SMILES string of the molecule is Cc1cc(NCCN2CCOCC2)nc(Nc2ccc(N(C)C)cc2)n1. The highest BCUT2D eigenvalue weighted by atomic mass is 16.5. The number of aryl methyl sites for hydroxylation is 1. The third-order valence-electron chi connectivity index (χ3n) is 4.33. The van der Waals surface area contributed by atoms with Gasteiger partial charge >= 0.3 is 0 Å². The van der Waals surface area contributed by atoms with Crippen LogP contribution in [0.3, 0.4) is 0 Å². The fourth-order valence-corrected chi connectivity index (χ4v) is 2.85. The fraction of sp³-hybridized carbons (Fsp3) is 0.474. The zero-order valence-electron chi connectivity index (χ0n) is 15.8. The van der Waals surface area contributed by atoms with Gasteiger partial charge in [-0.15, -0.1) is 0 Å². The molecule has 0 aliphatic carbocycles. The van der Waals surface area contributed by atoms with Crippen LogP contribution in [0.15, 0.2) is 30.3 Å². The predicted molar refractivity (Wildman–Crippen MR) is 107 cm³/mol. The molecule has 0 atom stereocenters. The van der Waals surface area contributed by atoms with Crippen LogP contribution >= 0.6 is 0 Å². The molecule has 1 fully saturated rings. The van der Waals surface area contributed by atoms with E-state index in [1.807, 2.05) is 39.2 Å². The minimum Gasteiger partial charge on any atom is -0.379 e. The Labute approximate surface area is 155 Å². The number of nitrogens with zero attached hydrogens (tertiary/aromatic N) is 4. The van der Waals surface area contributed by atoms with Gasteiger partial charge in [0, 0.05) is 63.4 Å². The first kappa shape index (κ1) is 18.4. The van der Waals surface area contributed by atoms with Gasteiger partial charge in [-0.05, 0) is 31.2 Å². The summed E-state index contributed by atoms with van der Waals surface area (Å²) in [7, 11) is 4.06. The van der Waals surface area contributed by atoms with E-state index in [0.717, 1.165) is 62.3 Å². The molecule has 2 heterocycles. The molecule has 140 valence electrons. The van der Waals surface area contributed by atoms with Crippen LogP contribution < -0.4 is 15.5 Å². The van der Waals surface area contributed by atoms with Crippen LogP contribution in [0.5, 0.6) is 0 Å². The van der Waals surface area contributed by atoms with Crippen LogP contribution in [0.2, 0.25) is 0 Å². The van der Waals surface area contributed by atoms with Gasteiger partial charge in [-0.1, -0.05) is 0 Å². The second kappa shape index (κ2) is 8.82. The summed E-state index contributed by atoms with van der Waals surface area (Å²) in [6, 6.07) is 10.2. The van der Waals surface area contributed by atoms with E-state index in [4.69, 9.17) is 4.74 Å². The molecule has 2 aromatic rings. The number of nitrogens with one attached hydrogen (secondary N) is 2. The van der Waals surface area contributed by atoms with Crippen LogP contribution in [0.25, 0.3) is 0 Å². The number of hydrogen-bond acceptors (Lipinski definition) is 7. The Morgan fingerprint density at radius 3 is 2.54 bits per heavy atom. The summed E-state index contributed by atoms with van der Waals surface area (Å²) in [4.78, 5) is 13.5. The number of anilines is 4. The van der Waals surface area contributed by atoms with Crippen molar-refractivity contribution in [3.8, 4) is 0 Å². The van der Waals surface area contributed by atoms with E-state index >= 15 is 0 Å². The van der Waals surface area contributed by atoms with Crippen LogP contribution in [0.4, 0.5) is 23.1 Å². The lowest BCUT2D eigenvalue weighted by atomic mass is 10.2. The van der Waals surface area contributed by atoms with Crippen molar-refractivity contribution < 1.29 is 4.74 Å². The van der Waals surface area contributed by atoms with Gasteiger partial charge in [0.1, 0.15) is 5.82 Å². The maximum Gasteiger partial charge on any atom is 0.229 e. The molecule has 0 saturated carbocycles. The highest BCUT2D eigenvalue weighted by molar-refractivity contribution is 5.59. The summed E-state index contributed by atoms with van der Waals surface area (Å²) >= 11 is 0. The molecule has 0 radical (unpaired) electrons. The first-order valence-corrected chi connectivity index (χ1v) is 9.04. The molecule has 1 aromatic heterocycles. The number of rotatable bonds is 7. The van der Waals surface area contributed by atoms with Gasteiger partial charge in [0.15, 0.2) is 0 Å². The van der Waals surface area contributed by atoms with Crippen molar-refractivity contribution in [2.45, 2.75) is 6.92 Å². The molecule has 26 heavy (non-hydrogen) atoms. The standard InChI is InChI=1S/C19H28N6O/c1-15-14-18(20-8-9-25-10-12-26-13-11-25)23-19(21-15)22-16-4-6-17(7-5-16)24(2)3/h4-7,14H,8-13H2,1-3H3,(H2,20,21,22,23). The topological polar surface area (TPSA) is 65.6 Å². The molecule has 0 unspecified atom stereocenters. The first-order valence-electron chi connectivity index (χ1n) is 9.04. The van der Waals surface area contributed by atoms with E-state index in [1.54, 1.807) is 0 Å². The summed E-state index contributed by atoms with van der Waals surface area (Å²) in [6.07, 6.45) is 0. The lowest BCUT2D eigenvalue weighted by molar-refractivity contribution is 0.0398. The molecule has 1 aliphatic heterocycles. The van der Waals surface area contributed by atoms with E-state index < -0.39 is 0 Å². The molecule has 2 N–H and O–H groups in total. The Kier molecular flexibility index (Phi) is 6.25. The lowest BCUT2D eigenvalue weighted by Crippen LogP contribution is -2.39. The maximum atomic E-state index is 5.38. The zero-order valence-corrected chi connectivity index (χ0v) is 15.8. The molecule has 1 saturated heterocycles. The van der Waals surface area contributed by atoms with Gasteiger partial charge < -0.3 is 20.3 Å². The van der Waals surface area contributed by atoms with Crippen LogP contribution in [0.1, 0.15) is 5.69 Å².